The number of benzene rings is 4. The van der Waals surface area contributed by atoms with Gasteiger partial charge in [-0.25, -0.2) is 0 Å². The summed E-state index contributed by atoms with van der Waals surface area (Å²) in [5.41, 5.74) is 2.71. The van der Waals surface area contributed by atoms with Crippen LogP contribution in [0.25, 0.3) is 0 Å². The first-order chi connectivity index (χ1) is 20.6. The SMILES string of the molecule is COc1ccc(C(OC[C@H]2[C@@H](OC)O[C@H](C=O)[C@H]2OCc2ccccc2)(c2ccccc2)c2ccc(OC)cc2)cc1. The first-order valence-electron chi connectivity index (χ1n) is 13.9. The molecule has 4 aromatic carbocycles. The molecule has 0 aromatic heterocycles. The summed E-state index contributed by atoms with van der Waals surface area (Å²) in [6, 6.07) is 35.6. The normalized spacial score (nSPS) is 20.3. The minimum absolute atomic E-state index is 0.176. The molecule has 218 valence electrons. The van der Waals surface area contributed by atoms with Crippen molar-refractivity contribution in [1.29, 1.82) is 0 Å². The van der Waals surface area contributed by atoms with Crippen LogP contribution in [-0.2, 0) is 35.9 Å². The van der Waals surface area contributed by atoms with Crippen molar-refractivity contribution in [3.63, 3.8) is 0 Å². The van der Waals surface area contributed by atoms with Gasteiger partial charge in [-0.05, 0) is 46.5 Å². The number of hydrogen-bond acceptors (Lipinski definition) is 7. The Labute approximate surface area is 246 Å². The van der Waals surface area contributed by atoms with Gasteiger partial charge in [-0.1, -0.05) is 84.9 Å². The first kappa shape index (κ1) is 29.5. The molecule has 0 saturated carbocycles. The maximum absolute atomic E-state index is 12.1. The van der Waals surface area contributed by atoms with Crippen molar-refractivity contribution in [2.45, 2.75) is 30.7 Å². The Morgan fingerprint density at radius 3 is 1.74 bits per heavy atom. The molecule has 7 heteroatoms. The van der Waals surface area contributed by atoms with Crippen LogP contribution in [0.15, 0.2) is 109 Å². The topological polar surface area (TPSA) is 72.5 Å². The average Bonchev–Trinajstić information content (AvgIpc) is 3.42. The number of carbonyl (C=O) groups is 1. The van der Waals surface area contributed by atoms with Crippen LogP contribution in [0.2, 0.25) is 0 Å². The van der Waals surface area contributed by atoms with Gasteiger partial charge in [-0.2, -0.15) is 0 Å². The number of aldehydes is 1. The maximum Gasteiger partial charge on any atom is 0.165 e. The van der Waals surface area contributed by atoms with Gasteiger partial charge in [0.1, 0.15) is 29.3 Å². The second-order valence-electron chi connectivity index (χ2n) is 10.1. The smallest absolute Gasteiger partial charge is 0.165 e. The molecule has 1 aliphatic rings. The molecule has 0 radical (unpaired) electrons. The number of hydrogen-bond donors (Lipinski definition) is 0. The van der Waals surface area contributed by atoms with Crippen molar-refractivity contribution < 1.29 is 33.2 Å². The zero-order chi connectivity index (χ0) is 29.4. The second kappa shape index (κ2) is 13.8. The van der Waals surface area contributed by atoms with Gasteiger partial charge in [0.25, 0.3) is 0 Å². The number of methoxy groups -OCH3 is 3. The highest BCUT2D eigenvalue weighted by atomic mass is 16.7. The summed E-state index contributed by atoms with van der Waals surface area (Å²) < 4.78 is 36.0. The third kappa shape index (κ3) is 6.10. The van der Waals surface area contributed by atoms with Gasteiger partial charge in [0.2, 0.25) is 0 Å². The molecule has 0 bridgehead atoms. The van der Waals surface area contributed by atoms with E-state index in [2.05, 4.69) is 0 Å². The summed E-state index contributed by atoms with van der Waals surface area (Å²) in [4.78, 5) is 12.1. The zero-order valence-corrected chi connectivity index (χ0v) is 24.1. The van der Waals surface area contributed by atoms with E-state index in [9.17, 15) is 4.79 Å². The van der Waals surface area contributed by atoms with Crippen molar-refractivity contribution in [3.05, 3.63) is 131 Å². The van der Waals surface area contributed by atoms with Gasteiger partial charge in [-0.3, -0.25) is 0 Å². The summed E-state index contributed by atoms with van der Waals surface area (Å²) in [7, 11) is 4.85. The lowest BCUT2D eigenvalue weighted by Gasteiger charge is -2.37. The predicted octanol–water partition coefficient (Wildman–Crippen LogP) is 5.78. The van der Waals surface area contributed by atoms with E-state index in [1.807, 2.05) is 109 Å². The zero-order valence-electron chi connectivity index (χ0n) is 24.1. The molecule has 7 nitrogen and oxygen atoms in total. The molecular formula is C35H36O7. The Morgan fingerprint density at radius 1 is 0.714 bits per heavy atom. The van der Waals surface area contributed by atoms with E-state index in [-0.39, 0.29) is 6.61 Å². The van der Waals surface area contributed by atoms with E-state index in [1.165, 1.54) is 0 Å². The lowest BCUT2D eigenvalue weighted by Crippen LogP contribution is -2.40. The molecule has 0 aliphatic carbocycles. The van der Waals surface area contributed by atoms with Gasteiger partial charge in [-0.15, -0.1) is 0 Å². The lowest BCUT2D eigenvalue weighted by molar-refractivity contribution is -0.151. The molecule has 4 atom stereocenters. The molecule has 0 spiro atoms. The highest BCUT2D eigenvalue weighted by Gasteiger charge is 2.48. The van der Waals surface area contributed by atoms with E-state index >= 15 is 0 Å². The molecule has 1 saturated heterocycles. The van der Waals surface area contributed by atoms with Crippen molar-refractivity contribution in [3.8, 4) is 11.5 Å². The Morgan fingerprint density at radius 2 is 1.24 bits per heavy atom. The van der Waals surface area contributed by atoms with Gasteiger partial charge < -0.3 is 33.2 Å². The Kier molecular flexibility index (Phi) is 9.66. The maximum atomic E-state index is 12.1. The van der Waals surface area contributed by atoms with Crippen molar-refractivity contribution in [2.24, 2.45) is 5.92 Å². The van der Waals surface area contributed by atoms with E-state index in [4.69, 9.17) is 28.4 Å². The largest absolute Gasteiger partial charge is 0.497 e. The van der Waals surface area contributed by atoms with Gasteiger partial charge in [0, 0.05) is 7.11 Å². The fourth-order valence-electron chi connectivity index (χ4n) is 5.53. The van der Waals surface area contributed by atoms with Crippen LogP contribution < -0.4 is 9.47 Å². The van der Waals surface area contributed by atoms with Crippen molar-refractivity contribution >= 4 is 6.29 Å². The standard InChI is InChI=1S/C35H36O7/c1-37-29-18-14-27(15-19-29)35(26-12-8-5-9-13-26,28-16-20-30(38-2)21-17-28)41-24-31-33(32(22-36)42-34(31)39-3)40-23-25-10-6-4-7-11-25/h4-22,31-34H,23-24H2,1-3H3/t31-,32-,33+,34+/m1/s1. The Bertz CT molecular complexity index is 1340. The highest BCUT2D eigenvalue weighted by molar-refractivity contribution is 5.58. The van der Waals surface area contributed by atoms with E-state index in [0.717, 1.165) is 40.0 Å². The minimum Gasteiger partial charge on any atom is -0.497 e. The van der Waals surface area contributed by atoms with Crippen LogP contribution >= 0.6 is 0 Å². The Hall–Kier alpha value is -4.01. The van der Waals surface area contributed by atoms with Crippen molar-refractivity contribution in [1.82, 2.24) is 0 Å². The monoisotopic (exact) mass is 568 g/mol. The summed E-state index contributed by atoms with van der Waals surface area (Å²) >= 11 is 0. The van der Waals surface area contributed by atoms with E-state index < -0.39 is 30.0 Å². The van der Waals surface area contributed by atoms with Crippen LogP contribution in [-0.4, -0.2) is 52.7 Å². The Balaban J connectivity index is 1.56. The molecule has 1 aliphatic heterocycles. The summed E-state index contributed by atoms with van der Waals surface area (Å²) in [5, 5.41) is 0. The molecule has 1 heterocycles. The quantitative estimate of drug-likeness (QED) is 0.149. The molecule has 1 fully saturated rings. The van der Waals surface area contributed by atoms with Crippen LogP contribution in [0.1, 0.15) is 22.3 Å². The van der Waals surface area contributed by atoms with Gasteiger partial charge >= 0.3 is 0 Å². The molecule has 5 rings (SSSR count). The fourth-order valence-corrected chi connectivity index (χ4v) is 5.53. The number of carbonyl (C=O) groups excluding carboxylic acids is 1. The summed E-state index contributed by atoms with van der Waals surface area (Å²) in [6.07, 6.45) is -1.28. The average molecular weight is 569 g/mol. The molecular weight excluding hydrogens is 532 g/mol. The van der Waals surface area contributed by atoms with Crippen LogP contribution in [0.5, 0.6) is 11.5 Å². The van der Waals surface area contributed by atoms with E-state index in [1.54, 1.807) is 21.3 Å². The number of ether oxygens (including phenoxy) is 6. The van der Waals surface area contributed by atoms with Gasteiger partial charge in [0.05, 0.1) is 33.4 Å². The predicted molar refractivity (Wildman–Crippen MR) is 159 cm³/mol. The van der Waals surface area contributed by atoms with Crippen LogP contribution in [0.3, 0.4) is 0 Å². The minimum atomic E-state index is -1.03. The number of rotatable bonds is 13. The van der Waals surface area contributed by atoms with Crippen LogP contribution in [0.4, 0.5) is 0 Å². The first-order valence-corrected chi connectivity index (χ1v) is 13.9. The molecule has 0 N–H and O–H groups in total. The van der Waals surface area contributed by atoms with Crippen molar-refractivity contribution in [2.75, 3.05) is 27.9 Å². The molecule has 4 aromatic rings. The van der Waals surface area contributed by atoms with Crippen LogP contribution in [0, 0.1) is 5.92 Å². The highest BCUT2D eigenvalue weighted by Crippen LogP contribution is 2.43. The second-order valence-corrected chi connectivity index (χ2v) is 10.1. The molecule has 0 amide bonds. The third-order valence-corrected chi connectivity index (χ3v) is 7.70. The third-order valence-electron chi connectivity index (χ3n) is 7.70. The summed E-state index contributed by atoms with van der Waals surface area (Å²) in [6.45, 7) is 0.502. The van der Waals surface area contributed by atoms with Gasteiger partial charge in [0.15, 0.2) is 12.6 Å². The van der Waals surface area contributed by atoms with E-state index in [0.29, 0.717) is 6.61 Å². The fraction of sp³-hybridized carbons (Fsp3) is 0.286. The summed E-state index contributed by atoms with van der Waals surface area (Å²) in [5.74, 6) is 1.08. The molecule has 0 unspecified atom stereocenters. The lowest BCUT2D eigenvalue weighted by atomic mass is 9.79. The molecule has 42 heavy (non-hydrogen) atoms.